The minimum absolute atomic E-state index is 0.315. The van der Waals surface area contributed by atoms with Crippen LogP contribution in [-0.4, -0.2) is 0 Å². The predicted molar refractivity (Wildman–Crippen MR) is 64.5 cm³/mol. The molecule has 80 valence electrons. The maximum Gasteiger partial charge on any atom is -0.0129 e. The van der Waals surface area contributed by atoms with E-state index in [0.717, 1.165) is 11.8 Å². The SMILES string of the molecule is CC(C)(C)c1cccc2c1C1CCC2C1. The van der Waals surface area contributed by atoms with Gasteiger partial charge in [-0.25, -0.2) is 0 Å². The monoisotopic (exact) mass is 200 g/mol. The molecular formula is C15H20. The molecule has 1 fully saturated rings. The number of benzene rings is 1. The molecule has 0 saturated heterocycles. The topological polar surface area (TPSA) is 0 Å². The van der Waals surface area contributed by atoms with Crippen LogP contribution < -0.4 is 0 Å². The van der Waals surface area contributed by atoms with E-state index in [0.29, 0.717) is 5.41 Å². The van der Waals surface area contributed by atoms with Gasteiger partial charge in [-0.3, -0.25) is 0 Å². The summed E-state index contributed by atoms with van der Waals surface area (Å²) < 4.78 is 0. The molecule has 0 aromatic heterocycles. The zero-order valence-electron chi connectivity index (χ0n) is 10.0. The Kier molecular flexibility index (Phi) is 1.81. The van der Waals surface area contributed by atoms with E-state index in [-0.39, 0.29) is 0 Å². The second-order valence-corrected chi connectivity index (χ2v) is 6.27. The minimum Gasteiger partial charge on any atom is -0.0617 e. The second kappa shape index (κ2) is 2.87. The van der Waals surface area contributed by atoms with Crippen molar-refractivity contribution in [2.24, 2.45) is 0 Å². The molecule has 0 spiro atoms. The van der Waals surface area contributed by atoms with Gasteiger partial charge in [0.2, 0.25) is 0 Å². The van der Waals surface area contributed by atoms with Crippen molar-refractivity contribution in [3.8, 4) is 0 Å². The molecule has 1 saturated carbocycles. The molecule has 2 bridgehead atoms. The maximum absolute atomic E-state index is 2.37. The molecule has 3 rings (SSSR count). The molecule has 0 N–H and O–H groups in total. The Morgan fingerprint density at radius 2 is 1.80 bits per heavy atom. The molecule has 2 aliphatic carbocycles. The molecule has 2 unspecified atom stereocenters. The molecule has 0 heteroatoms. The Balaban J connectivity index is 2.20. The van der Waals surface area contributed by atoms with Gasteiger partial charge < -0.3 is 0 Å². The molecule has 0 aliphatic heterocycles. The van der Waals surface area contributed by atoms with Crippen molar-refractivity contribution >= 4 is 0 Å². The van der Waals surface area contributed by atoms with E-state index in [2.05, 4.69) is 39.0 Å². The van der Waals surface area contributed by atoms with Crippen LogP contribution in [0.2, 0.25) is 0 Å². The van der Waals surface area contributed by atoms with Gasteiger partial charge in [-0.15, -0.1) is 0 Å². The smallest absolute Gasteiger partial charge is 0.0129 e. The second-order valence-electron chi connectivity index (χ2n) is 6.27. The standard InChI is InChI=1S/C15H20/c1-15(2,3)13-6-4-5-12-10-7-8-11(9-10)14(12)13/h4-6,10-11H,7-9H2,1-3H3. The van der Waals surface area contributed by atoms with Crippen LogP contribution in [0, 0.1) is 0 Å². The molecule has 0 radical (unpaired) electrons. The molecule has 1 aromatic rings. The van der Waals surface area contributed by atoms with E-state index in [1.165, 1.54) is 19.3 Å². The average Bonchev–Trinajstić information content (AvgIpc) is 2.76. The summed E-state index contributed by atoms with van der Waals surface area (Å²) in [6.45, 7) is 7.03. The van der Waals surface area contributed by atoms with Crippen LogP contribution >= 0.6 is 0 Å². The lowest BCUT2D eigenvalue weighted by atomic mass is 9.78. The first-order chi connectivity index (χ1) is 7.07. The van der Waals surface area contributed by atoms with Gasteiger partial charge in [0.15, 0.2) is 0 Å². The summed E-state index contributed by atoms with van der Waals surface area (Å²) >= 11 is 0. The molecule has 0 heterocycles. The van der Waals surface area contributed by atoms with Gasteiger partial charge >= 0.3 is 0 Å². The van der Waals surface area contributed by atoms with Crippen LogP contribution in [0.1, 0.15) is 68.6 Å². The summed E-state index contributed by atoms with van der Waals surface area (Å²) in [6.07, 6.45) is 4.30. The Morgan fingerprint density at radius 1 is 1.07 bits per heavy atom. The van der Waals surface area contributed by atoms with Crippen molar-refractivity contribution in [3.63, 3.8) is 0 Å². The lowest BCUT2D eigenvalue weighted by Crippen LogP contribution is -2.16. The Bertz CT molecular complexity index is 395. The van der Waals surface area contributed by atoms with Crippen LogP contribution in [0.3, 0.4) is 0 Å². The largest absolute Gasteiger partial charge is 0.0617 e. The van der Waals surface area contributed by atoms with Crippen LogP contribution in [-0.2, 0) is 5.41 Å². The zero-order chi connectivity index (χ0) is 10.6. The van der Waals surface area contributed by atoms with E-state index < -0.39 is 0 Å². The molecule has 0 amide bonds. The van der Waals surface area contributed by atoms with Crippen molar-refractivity contribution in [2.75, 3.05) is 0 Å². The molecule has 1 aromatic carbocycles. The normalized spacial score (nSPS) is 28.2. The van der Waals surface area contributed by atoms with Crippen LogP contribution in [0.5, 0.6) is 0 Å². The summed E-state index contributed by atoms with van der Waals surface area (Å²) in [5, 5.41) is 0. The third-order valence-electron chi connectivity index (χ3n) is 4.23. The summed E-state index contributed by atoms with van der Waals surface area (Å²) in [6, 6.07) is 6.98. The third kappa shape index (κ3) is 1.27. The summed E-state index contributed by atoms with van der Waals surface area (Å²) in [4.78, 5) is 0. The van der Waals surface area contributed by atoms with Crippen molar-refractivity contribution in [3.05, 3.63) is 34.9 Å². The van der Waals surface area contributed by atoms with Gasteiger partial charge in [-0.05, 0) is 53.2 Å². The fourth-order valence-electron chi connectivity index (χ4n) is 3.57. The van der Waals surface area contributed by atoms with E-state index >= 15 is 0 Å². The van der Waals surface area contributed by atoms with Gasteiger partial charge in [0, 0.05) is 0 Å². The summed E-state index contributed by atoms with van der Waals surface area (Å²) in [5.74, 6) is 1.78. The first-order valence-corrected chi connectivity index (χ1v) is 6.20. The minimum atomic E-state index is 0.315. The predicted octanol–water partition coefficient (Wildman–Crippen LogP) is 4.35. The van der Waals surface area contributed by atoms with Crippen molar-refractivity contribution in [1.82, 2.24) is 0 Å². The lowest BCUT2D eigenvalue weighted by Gasteiger charge is -2.27. The maximum atomic E-state index is 2.37. The van der Waals surface area contributed by atoms with Gasteiger partial charge in [0.1, 0.15) is 0 Å². The van der Waals surface area contributed by atoms with Gasteiger partial charge in [-0.1, -0.05) is 39.0 Å². The Hall–Kier alpha value is -0.780. The third-order valence-corrected chi connectivity index (χ3v) is 4.23. The van der Waals surface area contributed by atoms with E-state index in [4.69, 9.17) is 0 Å². The average molecular weight is 200 g/mol. The lowest BCUT2D eigenvalue weighted by molar-refractivity contribution is 0.569. The van der Waals surface area contributed by atoms with Crippen molar-refractivity contribution < 1.29 is 0 Å². The zero-order valence-corrected chi connectivity index (χ0v) is 10.0. The quantitative estimate of drug-likeness (QED) is 0.584. The summed E-state index contributed by atoms with van der Waals surface area (Å²) in [7, 11) is 0. The highest BCUT2D eigenvalue weighted by Crippen LogP contribution is 2.55. The molecule has 2 atom stereocenters. The highest BCUT2D eigenvalue weighted by molar-refractivity contribution is 5.48. The molecule has 2 aliphatic rings. The number of hydrogen-bond acceptors (Lipinski definition) is 0. The molecular weight excluding hydrogens is 180 g/mol. The fourth-order valence-corrected chi connectivity index (χ4v) is 3.57. The Labute approximate surface area is 92.7 Å². The van der Waals surface area contributed by atoms with E-state index in [1.54, 1.807) is 16.7 Å². The van der Waals surface area contributed by atoms with Crippen LogP contribution in [0.4, 0.5) is 0 Å². The highest BCUT2D eigenvalue weighted by atomic mass is 14.4. The van der Waals surface area contributed by atoms with Crippen molar-refractivity contribution in [1.29, 1.82) is 0 Å². The van der Waals surface area contributed by atoms with Crippen LogP contribution in [0.25, 0.3) is 0 Å². The highest BCUT2D eigenvalue weighted by Gasteiger charge is 2.39. The molecule has 15 heavy (non-hydrogen) atoms. The van der Waals surface area contributed by atoms with Gasteiger partial charge in [0.25, 0.3) is 0 Å². The van der Waals surface area contributed by atoms with Gasteiger partial charge in [0.05, 0.1) is 0 Å². The van der Waals surface area contributed by atoms with Crippen LogP contribution in [0.15, 0.2) is 18.2 Å². The first-order valence-electron chi connectivity index (χ1n) is 6.20. The number of fused-ring (bicyclic) bond motifs is 5. The van der Waals surface area contributed by atoms with Crippen molar-refractivity contribution in [2.45, 2.75) is 57.3 Å². The first kappa shape index (κ1) is 9.45. The number of rotatable bonds is 0. The van der Waals surface area contributed by atoms with Gasteiger partial charge in [-0.2, -0.15) is 0 Å². The number of hydrogen-bond donors (Lipinski definition) is 0. The Morgan fingerprint density at radius 3 is 2.53 bits per heavy atom. The van der Waals surface area contributed by atoms with E-state index in [1.807, 2.05) is 0 Å². The fraction of sp³-hybridized carbons (Fsp3) is 0.600. The molecule has 0 nitrogen and oxygen atoms in total. The summed E-state index contributed by atoms with van der Waals surface area (Å²) in [5.41, 5.74) is 5.32. The van der Waals surface area contributed by atoms with E-state index in [9.17, 15) is 0 Å².